The van der Waals surface area contributed by atoms with E-state index in [1.807, 2.05) is 57.2 Å². The Bertz CT molecular complexity index is 1550. The van der Waals surface area contributed by atoms with Crippen LogP contribution in [0.3, 0.4) is 0 Å². The summed E-state index contributed by atoms with van der Waals surface area (Å²) in [6, 6.07) is 17.6. The van der Waals surface area contributed by atoms with E-state index in [4.69, 9.17) is 4.74 Å². The maximum atomic E-state index is 13.3. The van der Waals surface area contributed by atoms with E-state index in [0.717, 1.165) is 32.9 Å². The lowest BCUT2D eigenvalue weighted by Crippen LogP contribution is -2.54. The van der Waals surface area contributed by atoms with Crippen LogP contribution >= 0.6 is 0 Å². The quantitative estimate of drug-likeness (QED) is 0.330. The summed E-state index contributed by atoms with van der Waals surface area (Å²) in [5.74, 6) is -0.793. The summed E-state index contributed by atoms with van der Waals surface area (Å²) in [6.45, 7) is 6.25. The van der Waals surface area contributed by atoms with Crippen LogP contribution in [0.2, 0.25) is 0 Å². The molecule has 1 aliphatic rings. The van der Waals surface area contributed by atoms with Crippen LogP contribution in [0.1, 0.15) is 23.9 Å². The van der Waals surface area contributed by atoms with Gasteiger partial charge < -0.3 is 9.30 Å². The molecule has 2 aromatic carbocycles. The van der Waals surface area contributed by atoms with E-state index in [9.17, 15) is 14.4 Å². The molecule has 0 aliphatic carbocycles. The Morgan fingerprint density at radius 2 is 1.72 bits per heavy atom. The molecule has 4 aromatic rings. The second kappa shape index (κ2) is 9.14. The van der Waals surface area contributed by atoms with Crippen LogP contribution in [-0.2, 0) is 9.59 Å². The normalized spacial score (nSPS) is 15.0. The van der Waals surface area contributed by atoms with Crippen molar-refractivity contribution in [2.45, 2.75) is 20.8 Å². The van der Waals surface area contributed by atoms with Gasteiger partial charge in [0.05, 0.1) is 17.8 Å². The first kappa shape index (κ1) is 23.0. The lowest BCUT2D eigenvalue weighted by atomic mass is 10.1. The minimum atomic E-state index is -0.790. The number of hydrogen-bond donors (Lipinski definition) is 1. The molecular formula is C28H24N4O4. The molecule has 0 unspecified atom stereocenters. The number of benzene rings is 2. The third kappa shape index (κ3) is 4.02. The van der Waals surface area contributed by atoms with E-state index in [1.165, 1.54) is 6.08 Å². The molecule has 5 rings (SSSR count). The number of hydrogen-bond acceptors (Lipinski definition) is 5. The highest BCUT2D eigenvalue weighted by atomic mass is 16.5. The van der Waals surface area contributed by atoms with E-state index in [0.29, 0.717) is 23.6 Å². The van der Waals surface area contributed by atoms with Gasteiger partial charge in [0.2, 0.25) is 0 Å². The highest BCUT2D eigenvalue weighted by Gasteiger charge is 2.37. The molecule has 4 amide bonds. The number of nitrogens with one attached hydrogen (secondary N) is 1. The maximum Gasteiger partial charge on any atom is 0.335 e. The van der Waals surface area contributed by atoms with Crippen LogP contribution in [0.4, 0.5) is 10.5 Å². The molecule has 1 N–H and O–H groups in total. The smallest absolute Gasteiger partial charge is 0.335 e. The van der Waals surface area contributed by atoms with Crippen LogP contribution in [0.5, 0.6) is 5.75 Å². The molecule has 36 heavy (non-hydrogen) atoms. The Morgan fingerprint density at radius 1 is 0.972 bits per heavy atom. The number of amides is 4. The summed E-state index contributed by atoms with van der Waals surface area (Å²) in [5.41, 5.74) is 4.56. The lowest BCUT2D eigenvalue weighted by molar-refractivity contribution is -0.122. The zero-order valence-corrected chi connectivity index (χ0v) is 20.1. The summed E-state index contributed by atoms with van der Waals surface area (Å²) < 4.78 is 7.49. The molecule has 1 aliphatic heterocycles. The Kier molecular flexibility index (Phi) is 5.85. The van der Waals surface area contributed by atoms with Crippen LogP contribution < -0.4 is 15.0 Å². The SMILES string of the molecule is CCOc1ccc(N2C(=O)NC(=O)/C(=C\c3cc(C)n(-c4ccc5ncccc5c4)c3C)C2=O)cc1. The summed E-state index contributed by atoms with van der Waals surface area (Å²) in [6.07, 6.45) is 3.29. The van der Waals surface area contributed by atoms with Crippen LogP contribution in [0.15, 0.2) is 72.4 Å². The molecule has 0 bridgehead atoms. The largest absolute Gasteiger partial charge is 0.494 e. The predicted molar refractivity (Wildman–Crippen MR) is 137 cm³/mol. The fourth-order valence-corrected chi connectivity index (χ4v) is 4.44. The van der Waals surface area contributed by atoms with E-state index in [2.05, 4.69) is 14.9 Å². The number of barbiturate groups is 1. The fraction of sp³-hybridized carbons (Fsp3) is 0.143. The molecule has 0 atom stereocenters. The van der Waals surface area contributed by atoms with Crippen molar-refractivity contribution in [1.82, 2.24) is 14.9 Å². The highest BCUT2D eigenvalue weighted by molar-refractivity contribution is 6.39. The summed E-state index contributed by atoms with van der Waals surface area (Å²) in [7, 11) is 0. The Labute approximate surface area is 207 Å². The zero-order valence-electron chi connectivity index (χ0n) is 20.1. The number of urea groups is 1. The van der Waals surface area contributed by atoms with Crippen molar-refractivity contribution in [2.75, 3.05) is 11.5 Å². The first-order chi connectivity index (χ1) is 17.4. The van der Waals surface area contributed by atoms with E-state index >= 15 is 0 Å². The number of ether oxygens (including phenoxy) is 1. The van der Waals surface area contributed by atoms with Gasteiger partial charge in [0.25, 0.3) is 11.8 Å². The number of imide groups is 2. The fourth-order valence-electron chi connectivity index (χ4n) is 4.44. The molecule has 1 fully saturated rings. The van der Waals surface area contributed by atoms with Gasteiger partial charge in [-0.05, 0) is 87.0 Å². The van der Waals surface area contributed by atoms with Crippen LogP contribution in [-0.4, -0.2) is 34.0 Å². The van der Waals surface area contributed by atoms with E-state index < -0.39 is 17.8 Å². The molecule has 2 aromatic heterocycles. The Balaban J connectivity index is 1.52. The molecule has 8 heteroatoms. The minimum absolute atomic E-state index is 0.119. The zero-order chi connectivity index (χ0) is 25.4. The van der Waals surface area contributed by atoms with Gasteiger partial charge in [-0.1, -0.05) is 6.07 Å². The van der Waals surface area contributed by atoms with Gasteiger partial charge in [0, 0.05) is 28.7 Å². The highest BCUT2D eigenvalue weighted by Crippen LogP contribution is 2.28. The number of aromatic nitrogens is 2. The number of nitrogens with zero attached hydrogens (tertiary/aromatic N) is 3. The van der Waals surface area contributed by atoms with E-state index in [1.54, 1.807) is 30.5 Å². The molecule has 1 saturated heterocycles. The van der Waals surface area contributed by atoms with Crippen LogP contribution in [0, 0.1) is 13.8 Å². The molecule has 8 nitrogen and oxygen atoms in total. The van der Waals surface area contributed by atoms with Gasteiger partial charge in [0.1, 0.15) is 11.3 Å². The van der Waals surface area contributed by atoms with E-state index in [-0.39, 0.29) is 5.57 Å². The number of pyridine rings is 1. The van der Waals surface area contributed by atoms with Gasteiger partial charge in [-0.3, -0.25) is 19.9 Å². The number of rotatable bonds is 5. The molecule has 0 spiro atoms. The Morgan fingerprint density at radius 3 is 2.47 bits per heavy atom. The van der Waals surface area contributed by atoms with Gasteiger partial charge in [-0.2, -0.15) is 0 Å². The molecule has 0 saturated carbocycles. The standard InChI is InChI=1S/C28H24N4O4/c1-4-36-23-10-7-21(8-11-23)32-27(34)24(26(33)30-28(32)35)16-20-14-17(2)31(18(20)3)22-9-12-25-19(15-22)6-5-13-29-25/h5-16H,4H2,1-3H3,(H,30,33,35)/b24-16+. The molecule has 0 radical (unpaired) electrons. The second-order valence-corrected chi connectivity index (χ2v) is 8.43. The first-order valence-electron chi connectivity index (χ1n) is 11.6. The van der Waals surface area contributed by atoms with Gasteiger partial charge in [-0.25, -0.2) is 9.69 Å². The monoisotopic (exact) mass is 480 g/mol. The van der Waals surface area contributed by atoms with Gasteiger partial charge in [0.15, 0.2) is 0 Å². The third-order valence-electron chi connectivity index (χ3n) is 6.12. The average Bonchev–Trinajstić information content (AvgIpc) is 3.15. The van der Waals surface area contributed by atoms with Crippen molar-refractivity contribution >= 4 is 40.5 Å². The number of carbonyl (C=O) groups excluding carboxylic acids is 3. The predicted octanol–water partition coefficient (Wildman–Crippen LogP) is 4.71. The summed E-state index contributed by atoms with van der Waals surface area (Å²) in [4.78, 5) is 43.9. The number of anilines is 1. The van der Waals surface area contributed by atoms with Gasteiger partial charge in [-0.15, -0.1) is 0 Å². The number of fused-ring (bicyclic) bond motifs is 1. The topological polar surface area (TPSA) is 93.5 Å². The van der Waals surface area contributed by atoms with Crippen molar-refractivity contribution in [1.29, 1.82) is 0 Å². The van der Waals surface area contributed by atoms with Crippen molar-refractivity contribution < 1.29 is 19.1 Å². The van der Waals surface area contributed by atoms with Crippen molar-refractivity contribution in [2.24, 2.45) is 0 Å². The van der Waals surface area contributed by atoms with Crippen LogP contribution in [0.25, 0.3) is 22.7 Å². The molecule has 3 heterocycles. The second-order valence-electron chi connectivity index (χ2n) is 8.43. The Hall–Kier alpha value is -4.72. The van der Waals surface area contributed by atoms with Crippen molar-refractivity contribution in [3.8, 4) is 11.4 Å². The summed E-state index contributed by atoms with van der Waals surface area (Å²) in [5, 5.41) is 3.28. The molecule has 180 valence electrons. The molecular weight excluding hydrogens is 456 g/mol. The first-order valence-corrected chi connectivity index (χ1v) is 11.6. The van der Waals surface area contributed by atoms with Crippen molar-refractivity contribution in [3.63, 3.8) is 0 Å². The number of aryl methyl sites for hydroxylation is 1. The third-order valence-corrected chi connectivity index (χ3v) is 6.12. The average molecular weight is 481 g/mol. The summed E-state index contributed by atoms with van der Waals surface area (Å²) >= 11 is 0. The maximum absolute atomic E-state index is 13.3. The number of carbonyl (C=O) groups is 3. The van der Waals surface area contributed by atoms with Crippen molar-refractivity contribution in [3.05, 3.63) is 89.4 Å². The van der Waals surface area contributed by atoms with Gasteiger partial charge >= 0.3 is 6.03 Å². The minimum Gasteiger partial charge on any atom is -0.494 e. The lowest BCUT2D eigenvalue weighted by Gasteiger charge is -2.26.